The Morgan fingerprint density at radius 3 is 2.95 bits per heavy atom. The lowest BCUT2D eigenvalue weighted by molar-refractivity contribution is -0.119. The first-order chi connectivity index (χ1) is 10.1. The third-order valence-corrected chi connectivity index (χ3v) is 3.78. The van der Waals surface area contributed by atoms with Crippen LogP contribution in [0.5, 0.6) is 5.75 Å². The summed E-state index contributed by atoms with van der Waals surface area (Å²) in [5.74, 6) is 0.869. The normalized spacial score (nSPS) is 18.6. The highest BCUT2D eigenvalue weighted by atomic mass is 16.5. The highest BCUT2D eigenvalue weighted by Crippen LogP contribution is 2.37. The first kappa shape index (κ1) is 15.8. The van der Waals surface area contributed by atoms with E-state index in [2.05, 4.69) is 18.3 Å². The van der Waals surface area contributed by atoms with Crippen LogP contribution in [0.1, 0.15) is 49.0 Å². The van der Waals surface area contributed by atoms with E-state index in [9.17, 15) is 4.79 Å². The molecule has 1 amide bonds. The molecule has 1 aromatic carbocycles. The first-order valence-electron chi connectivity index (χ1n) is 7.38. The Balaban J connectivity index is 2.42. The van der Waals surface area contributed by atoms with E-state index in [-0.39, 0.29) is 18.0 Å². The lowest BCUT2D eigenvalue weighted by Gasteiger charge is -2.29. The molecule has 21 heavy (non-hydrogen) atoms. The molecule has 1 heterocycles. The van der Waals surface area contributed by atoms with Crippen LogP contribution < -0.4 is 15.8 Å². The van der Waals surface area contributed by atoms with Crippen molar-refractivity contribution >= 4 is 5.91 Å². The number of rotatable bonds is 5. The Morgan fingerprint density at radius 1 is 1.57 bits per heavy atom. The van der Waals surface area contributed by atoms with E-state index in [1.165, 1.54) is 6.92 Å². The summed E-state index contributed by atoms with van der Waals surface area (Å²) in [5.41, 5.74) is 9.33. The van der Waals surface area contributed by atoms with Crippen molar-refractivity contribution in [3.05, 3.63) is 28.8 Å². The summed E-state index contributed by atoms with van der Waals surface area (Å²) in [6.07, 6.45) is 1.64. The fourth-order valence-electron chi connectivity index (χ4n) is 2.76. The molecule has 5 heteroatoms. The summed E-state index contributed by atoms with van der Waals surface area (Å²) in [6.45, 7) is 4.71. The van der Waals surface area contributed by atoms with E-state index < -0.39 is 0 Å². The fourth-order valence-corrected chi connectivity index (χ4v) is 2.76. The van der Waals surface area contributed by atoms with Gasteiger partial charge >= 0.3 is 0 Å². The molecule has 0 aliphatic carbocycles. The van der Waals surface area contributed by atoms with Crippen LogP contribution in [0.25, 0.3) is 0 Å². The summed E-state index contributed by atoms with van der Waals surface area (Å²) in [7, 11) is 1.64. The predicted octanol–water partition coefficient (Wildman–Crippen LogP) is 1.85. The topological polar surface area (TPSA) is 73.6 Å². The zero-order valence-electron chi connectivity index (χ0n) is 12.9. The van der Waals surface area contributed by atoms with Crippen molar-refractivity contribution < 1.29 is 14.3 Å². The van der Waals surface area contributed by atoms with Gasteiger partial charge in [-0.15, -0.1) is 0 Å². The maximum atomic E-state index is 11.4. The van der Waals surface area contributed by atoms with Crippen LogP contribution in [0.3, 0.4) is 0 Å². The monoisotopic (exact) mass is 292 g/mol. The van der Waals surface area contributed by atoms with E-state index in [1.54, 1.807) is 7.11 Å². The molecule has 0 saturated carbocycles. The van der Waals surface area contributed by atoms with Crippen LogP contribution in [-0.4, -0.2) is 26.2 Å². The van der Waals surface area contributed by atoms with Crippen LogP contribution in [-0.2, 0) is 16.0 Å². The van der Waals surface area contributed by atoms with Crippen LogP contribution in [0.15, 0.2) is 12.1 Å². The van der Waals surface area contributed by atoms with Gasteiger partial charge in [0, 0.05) is 26.0 Å². The van der Waals surface area contributed by atoms with Gasteiger partial charge in [-0.1, -0.05) is 13.0 Å². The number of methoxy groups -OCH3 is 1. The van der Waals surface area contributed by atoms with Gasteiger partial charge in [-0.05, 0) is 23.6 Å². The van der Waals surface area contributed by atoms with Crippen molar-refractivity contribution in [2.24, 2.45) is 5.73 Å². The molecule has 0 aromatic heterocycles. The average Bonchev–Trinajstić information content (AvgIpc) is 2.46. The van der Waals surface area contributed by atoms with E-state index in [0.29, 0.717) is 13.2 Å². The molecule has 2 unspecified atom stereocenters. The van der Waals surface area contributed by atoms with E-state index in [4.69, 9.17) is 15.2 Å². The van der Waals surface area contributed by atoms with E-state index >= 15 is 0 Å². The van der Waals surface area contributed by atoms with Gasteiger partial charge in [0.25, 0.3) is 0 Å². The van der Waals surface area contributed by atoms with Gasteiger partial charge in [0.15, 0.2) is 0 Å². The second kappa shape index (κ2) is 6.91. The van der Waals surface area contributed by atoms with Crippen LogP contribution in [0.2, 0.25) is 0 Å². The van der Waals surface area contributed by atoms with Gasteiger partial charge in [0.1, 0.15) is 5.75 Å². The Hall–Kier alpha value is -1.59. The Bertz CT molecular complexity index is 516. The molecule has 0 saturated heterocycles. The molecule has 116 valence electrons. The maximum Gasteiger partial charge on any atom is 0.217 e. The Labute approximate surface area is 125 Å². The zero-order chi connectivity index (χ0) is 15.4. The molecule has 0 bridgehead atoms. The summed E-state index contributed by atoms with van der Waals surface area (Å²) in [4.78, 5) is 11.4. The maximum absolute atomic E-state index is 11.4. The number of nitrogens with one attached hydrogen (secondary N) is 1. The van der Waals surface area contributed by atoms with Gasteiger partial charge in [-0.25, -0.2) is 0 Å². The summed E-state index contributed by atoms with van der Waals surface area (Å²) >= 11 is 0. The molecule has 0 radical (unpaired) electrons. The lowest BCUT2D eigenvalue weighted by Crippen LogP contribution is -2.31. The van der Waals surface area contributed by atoms with Crippen LogP contribution in [0, 0.1) is 0 Å². The molecule has 1 aliphatic heterocycles. The number of carbonyl (C=O) groups is 1. The number of amides is 1. The largest absolute Gasteiger partial charge is 0.493 e. The highest BCUT2D eigenvalue weighted by Gasteiger charge is 2.25. The predicted molar refractivity (Wildman–Crippen MR) is 81.3 cm³/mol. The minimum Gasteiger partial charge on any atom is -0.493 e. The summed E-state index contributed by atoms with van der Waals surface area (Å²) in [5, 5.41) is 3.00. The van der Waals surface area contributed by atoms with Crippen molar-refractivity contribution in [3.8, 4) is 5.75 Å². The molecular formula is C16H24N2O3. The number of fused-ring (bicyclic) bond motifs is 1. The van der Waals surface area contributed by atoms with Gasteiger partial charge in [0.2, 0.25) is 5.91 Å². The molecule has 2 atom stereocenters. The van der Waals surface area contributed by atoms with Gasteiger partial charge < -0.3 is 20.5 Å². The second-order valence-corrected chi connectivity index (χ2v) is 5.40. The highest BCUT2D eigenvalue weighted by molar-refractivity contribution is 5.73. The molecule has 0 spiro atoms. The quantitative estimate of drug-likeness (QED) is 0.868. The molecular weight excluding hydrogens is 268 g/mol. The second-order valence-electron chi connectivity index (χ2n) is 5.40. The minimum absolute atomic E-state index is 0.00811. The third-order valence-electron chi connectivity index (χ3n) is 3.78. The zero-order valence-corrected chi connectivity index (χ0v) is 12.9. The standard InChI is InChI=1S/C16H24N2O3/c1-4-11-7-12(14(17)9-20-3)8-13-15(18-10(2)19)5-6-21-16(11)13/h7-8,14-15H,4-6,9,17H2,1-3H3,(H,18,19). The minimum atomic E-state index is -0.175. The van der Waals surface area contributed by atoms with Gasteiger partial charge in [-0.2, -0.15) is 0 Å². The smallest absolute Gasteiger partial charge is 0.217 e. The van der Waals surface area contributed by atoms with Crippen molar-refractivity contribution in [3.63, 3.8) is 0 Å². The van der Waals surface area contributed by atoms with Crippen molar-refractivity contribution in [2.75, 3.05) is 20.3 Å². The van der Waals surface area contributed by atoms with E-state index in [0.717, 1.165) is 35.3 Å². The molecule has 1 aromatic rings. The molecule has 5 nitrogen and oxygen atoms in total. The Kier molecular flexibility index (Phi) is 5.20. The lowest BCUT2D eigenvalue weighted by atomic mass is 9.92. The number of nitrogens with two attached hydrogens (primary N) is 1. The molecule has 1 aliphatic rings. The number of ether oxygens (including phenoxy) is 2. The summed E-state index contributed by atoms with van der Waals surface area (Å²) in [6, 6.07) is 3.94. The van der Waals surface area contributed by atoms with Crippen molar-refractivity contribution in [1.29, 1.82) is 0 Å². The number of hydrogen-bond acceptors (Lipinski definition) is 4. The number of aryl methyl sites for hydroxylation is 1. The van der Waals surface area contributed by atoms with Crippen molar-refractivity contribution in [2.45, 2.75) is 38.8 Å². The van der Waals surface area contributed by atoms with Crippen LogP contribution in [0.4, 0.5) is 0 Å². The van der Waals surface area contributed by atoms with Gasteiger partial charge in [-0.3, -0.25) is 4.79 Å². The molecule has 0 fully saturated rings. The first-order valence-corrected chi connectivity index (χ1v) is 7.38. The van der Waals surface area contributed by atoms with E-state index in [1.807, 2.05) is 6.07 Å². The van der Waals surface area contributed by atoms with Gasteiger partial charge in [0.05, 0.1) is 25.3 Å². The third kappa shape index (κ3) is 3.54. The SMILES string of the molecule is CCc1cc(C(N)COC)cc2c1OCCC2NC(C)=O. The molecule has 2 rings (SSSR count). The Morgan fingerprint density at radius 2 is 2.33 bits per heavy atom. The number of benzene rings is 1. The van der Waals surface area contributed by atoms with Crippen LogP contribution >= 0.6 is 0 Å². The fraction of sp³-hybridized carbons (Fsp3) is 0.562. The van der Waals surface area contributed by atoms with Crippen molar-refractivity contribution in [1.82, 2.24) is 5.32 Å². The number of hydrogen-bond donors (Lipinski definition) is 2. The number of carbonyl (C=O) groups excluding carboxylic acids is 1. The molecule has 3 N–H and O–H groups in total. The average molecular weight is 292 g/mol. The summed E-state index contributed by atoms with van der Waals surface area (Å²) < 4.78 is 11.0.